The van der Waals surface area contributed by atoms with Crippen LogP contribution >= 0.6 is 24.8 Å². The van der Waals surface area contributed by atoms with Gasteiger partial charge in [0.05, 0.1) is 0 Å². The Hall–Kier alpha value is -1.75. The van der Waals surface area contributed by atoms with Crippen LogP contribution in [0.15, 0.2) is 48.5 Å². The maximum Gasteiger partial charge on any atom is 0.220 e. The molecule has 150 valence electrons. The molecule has 2 aromatic carbocycles. The second-order valence-corrected chi connectivity index (χ2v) is 6.80. The molecule has 2 aromatic rings. The number of benzene rings is 2. The number of nitrogens with two attached hydrogens (primary N) is 1. The van der Waals surface area contributed by atoms with Crippen LogP contribution in [0.4, 0.5) is 5.69 Å². The average molecular weight is 412 g/mol. The van der Waals surface area contributed by atoms with Gasteiger partial charge in [0, 0.05) is 31.2 Å². The summed E-state index contributed by atoms with van der Waals surface area (Å²) in [6, 6.07) is 16.6. The number of carbonyl (C=O) groups excluding carboxylic acids is 1. The minimum Gasteiger partial charge on any atom is -0.399 e. The molecule has 0 heterocycles. The number of hydrogen-bond acceptors (Lipinski definition) is 3. The summed E-state index contributed by atoms with van der Waals surface area (Å²) >= 11 is 0. The van der Waals surface area contributed by atoms with E-state index < -0.39 is 0 Å². The van der Waals surface area contributed by atoms with Gasteiger partial charge in [-0.3, -0.25) is 9.69 Å². The second kappa shape index (κ2) is 12.6. The average Bonchev–Trinajstić information content (AvgIpc) is 2.59. The topological polar surface area (TPSA) is 58.4 Å². The minimum atomic E-state index is 0. The van der Waals surface area contributed by atoms with E-state index in [-0.39, 0.29) is 30.7 Å². The van der Waals surface area contributed by atoms with Gasteiger partial charge in [0.15, 0.2) is 0 Å². The van der Waals surface area contributed by atoms with Gasteiger partial charge >= 0.3 is 0 Å². The van der Waals surface area contributed by atoms with E-state index in [0.717, 1.165) is 23.4 Å². The summed E-state index contributed by atoms with van der Waals surface area (Å²) in [6.45, 7) is 5.84. The normalized spacial score (nSPS) is 10.3. The molecule has 0 saturated heterocycles. The Morgan fingerprint density at radius 1 is 1.07 bits per heavy atom. The van der Waals surface area contributed by atoms with Crippen molar-refractivity contribution in [2.24, 2.45) is 0 Å². The van der Waals surface area contributed by atoms with Gasteiger partial charge in [-0.15, -0.1) is 24.8 Å². The Morgan fingerprint density at radius 2 is 1.74 bits per heavy atom. The fourth-order valence-corrected chi connectivity index (χ4v) is 2.61. The number of nitrogens with one attached hydrogen (secondary N) is 1. The van der Waals surface area contributed by atoms with Crippen molar-refractivity contribution < 1.29 is 4.79 Å². The highest BCUT2D eigenvalue weighted by atomic mass is 35.5. The number of para-hydroxylation sites is 1. The summed E-state index contributed by atoms with van der Waals surface area (Å²) in [4.78, 5) is 14.4. The lowest BCUT2D eigenvalue weighted by atomic mass is 10.1. The summed E-state index contributed by atoms with van der Waals surface area (Å²) in [5.41, 5.74) is 10.1. The van der Waals surface area contributed by atoms with Crippen LogP contribution in [0.5, 0.6) is 0 Å². The van der Waals surface area contributed by atoms with E-state index in [2.05, 4.69) is 49.3 Å². The molecule has 0 fully saturated rings. The van der Waals surface area contributed by atoms with Crippen molar-refractivity contribution in [2.75, 3.05) is 12.8 Å². The highest BCUT2D eigenvalue weighted by Crippen LogP contribution is 2.13. The van der Waals surface area contributed by atoms with Crippen molar-refractivity contribution in [1.29, 1.82) is 0 Å². The smallest absolute Gasteiger partial charge is 0.220 e. The summed E-state index contributed by atoms with van der Waals surface area (Å²) in [6.07, 6.45) is 1.11. The lowest BCUT2D eigenvalue weighted by Crippen LogP contribution is -2.26. The molecular weight excluding hydrogens is 381 g/mol. The number of nitrogen functional groups attached to an aromatic ring is 1. The molecule has 2 rings (SSSR count). The number of anilines is 1. The van der Waals surface area contributed by atoms with E-state index in [9.17, 15) is 4.79 Å². The van der Waals surface area contributed by atoms with Crippen LogP contribution in [-0.4, -0.2) is 23.9 Å². The Labute approximate surface area is 175 Å². The van der Waals surface area contributed by atoms with Crippen molar-refractivity contribution in [3.8, 4) is 0 Å². The SMILES string of the molecule is CC(C)N(C)Cc1cccc(CNC(=O)CCc2ccccc2N)c1.Cl.Cl. The van der Waals surface area contributed by atoms with Gasteiger partial charge in [0.1, 0.15) is 0 Å². The van der Waals surface area contributed by atoms with E-state index in [4.69, 9.17) is 5.73 Å². The summed E-state index contributed by atoms with van der Waals surface area (Å²) in [7, 11) is 2.12. The molecule has 4 nitrogen and oxygen atoms in total. The first-order valence-electron chi connectivity index (χ1n) is 8.84. The molecular formula is C21H31Cl2N3O. The van der Waals surface area contributed by atoms with Crippen LogP contribution < -0.4 is 11.1 Å². The van der Waals surface area contributed by atoms with Crippen molar-refractivity contribution in [2.45, 2.75) is 45.8 Å². The Kier molecular flexibility index (Phi) is 11.8. The molecule has 0 aliphatic rings. The highest BCUT2D eigenvalue weighted by molar-refractivity contribution is 5.85. The number of carbonyl (C=O) groups is 1. The number of hydrogen-bond donors (Lipinski definition) is 2. The molecule has 0 aliphatic carbocycles. The maximum atomic E-state index is 12.1. The number of rotatable bonds is 8. The Bertz CT molecular complexity index is 707. The van der Waals surface area contributed by atoms with Crippen LogP contribution in [0.1, 0.15) is 37.0 Å². The van der Waals surface area contributed by atoms with Crippen LogP contribution in [0.2, 0.25) is 0 Å². The summed E-state index contributed by atoms with van der Waals surface area (Å²) < 4.78 is 0. The van der Waals surface area contributed by atoms with Gasteiger partial charge < -0.3 is 11.1 Å². The summed E-state index contributed by atoms with van der Waals surface area (Å²) in [5, 5.41) is 3.00. The van der Waals surface area contributed by atoms with Gasteiger partial charge in [-0.2, -0.15) is 0 Å². The van der Waals surface area contributed by atoms with Crippen LogP contribution in [0, 0.1) is 0 Å². The van der Waals surface area contributed by atoms with Crippen LogP contribution in [0.3, 0.4) is 0 Å². The van der Waals surface area contributed by atoms with Crippen LogP contribution in [0.25, 0.3) is 0 Å². The fourth-order valence-electron chi connectivity index (χ4n) is 2.61. The maximum absolute atomic E-state index is 12.1. The highest BCUT2D eigenvalue weighted by Gasteiger charge is 2.07. The van der Waals surface area contributed by atoms with E-state index in [1.807, 2.05) is 30.3 Å². The van der Waals surface area contributed by atoms with E-state index >= 15 is 0 Å². The predicted molar refractivity (Wildman–Crippen MR) is 119 cm³/mol. The first kappa shape index (κ1) is 25.2. The molecule has 0 atom stereocenters. The quantitative estimate of drug-likeness (QED) is 0.639. The fraction of sp³-hybridized carbons (Fsp3) is 0.381. The number of nitrogens with zero attached hydrogens (tertiary/aromatic N) is 1. The first-order valence-corrected chi connectivity index (χ1v) is 8.84. The van der Waals surface area contributed by atoms with Gasteiger partial charge in [-0.1, -0.05) is 42.5 Å². The number of halogens is 2. The Balaban J connectivity index is 0.00000338. The van der Waals surface area contributed by atoms with Gasteiger partial charge in [0.2, 0.25) is 5.91 Å². The Morgan fingerprint density at radius 3 is 2.41 bits per heavy atom. The summed E-state index contributed by atoms with van der Waals surface area (Å²) in [5.74, 6) is 0.0490. The van der Waals surface area contributed by atoms with Crippen molar-refractivity contribution in [1.82, 2.24) is 10.2 Å². The zero-order chi connectivity index (χ0) is 18.2. The number of amides is 1. The van der Waals surface area contributed by atoms with E-state index in [1.165, 1.54) is 5.56 Å². The predicted octanol–water partition coefficient (Wildman–Crippen LogP) is 4.20. The third kappa shape index (κ3) is 8.65. The molecule has 27 heavy (non-hydrogen) atoms. The lowest BCUT2D eigenvalue weighted by Gasteiger charge is -2.21. The third-order valence-corrected chi connectivity index (χ3v) is 4.47. The zero-order valence-corrected chi connectivity index (χ0v) is 17.9. The van der Waals surface area contributed by atoms with Crippen molar-refractivity contribution in [3.63, 3.8) is 0 Å². The van der Waals surface area contributed by atoms with Gasteiger partial charge in [-0.25, -0.2) is 0 Å². The minimum absolute atomic E-state index is 0. The molecule has 3 N–H and O–H groups in total. The van der Waals surface area contributed by atoms with E-state index in [0.29, 0.717) is 25.4 Å². The zero-order valence-electron chi connectivity index (χ0n) is 16.3. The third-order valence-electron chi connectivity index (χ3n) is 4.47. The van der Waals surface area contributed by atoms with Crippen molar-refractivity contribution >= 4 is 36.4 Å². The molecule has 0 spiro atoms. The van der Waals surface area contributed by atoms with Gasteiger partial charge in [-0.05, 0) is 50.1 Å². The standard InChI is InChI=1S/C21H29N3O.2ClH/c1-16(2)24(3)15-18-8-6-7-17(13-18)14-23-21(25)12-11-19-9-4-5-10-20(19)22;;/h4-10,13,16H,11-12,14-15,22H2,1-3H3,(H,23,25);2*1H. The molecule has 0 radical (unpaired) electrons. The largest absolute Gasteiger partial charge is 0.399 e. The first-order chi connectivity index (χ1) is 12.0. The number of aryl methyl sites for hydroxylation is 1. The molecule has 6 heteroatoms. The molecule has 0 aliphatic heterocycles. The molecule has 0 unspecified atom stereocenters. The molecule has 0 aromatic heterocycles. The second-order valence-electron chi connectivity index (χ2n) is 6.80. The van der Waals surface area contributed by atoms with Crippen molar-refractivity contribution in [3.05, 3.63) is 65.2 Å². The monoisotopic (exact) mass is 411 g/mol. The van der Waals surface area contributed by atoms with E-state index in [1.54, 1.807) is 0 Å². The van der Waals surface area contributed by atoms with Gasteiger partial charge in [0.25, 0.3) is 0 Å². The lowest BCUT2D eigenvalue weighted by molar-refractivity contribution is -0.121. The van der Waals surface area contributed by atoms with Crippen LogP contribution in [-0.2, 0) is 24.3 Å². The molecule has 0 bridgehead atoms. The molecule has 1 amide bonds. The molecule has 0 saturated carbocycles.